The lowest BCUT2D eigenvalue weighted by Gasteiger charge is -2.20. The van der Waals surface area contributed by atoms with Gasteiger partial charge in [-0.15, -0.1) is 0 Å². The van der Waals surface area contributed by atoms with E-state index in [0.29, 0.717) is 12.5 Å². The van der Waals surface area contributed by atoms with Crippen molar-refractivity contribution in [1.82, 2.24) is 14.9 Å². The van der Waals surface area contributed by atoms with Crippen LogP contribution < -0.4 is 5.32 Å². The predicted octanol–water partition coefficient (Wildman–Crippen LogP) is 3.49. The molecule has 7 heteroatoms. The lowest BCUT2D eigenvalue weighted by molar-refractivity contribution is 0.0526. The van der Waals surface area contributed by atoms with Crippen molar-refractivity contribution in [1.29, 1.82) is 0 Å². The summed E-state index contributed by atoms with van der Waals surface area (Å²) in [4.78, 5) is 16.2. The van der Waals surface area contributed by atoms with Crippen LogP contribution in [-0.4, -0.2) is 27.8 Å². The molecule has 0 bridgehead atoms. The highest BCUT2D eigenvalue weighted by Crippen LogP contribution is 2.40. The van der Waals surface area contributed by atoms with Crippen LogP contribution >= 0.6 is 45.2 Å². The van der Waals surface area contributed by atoms with E-state index in [1.807, 2.05) is 20.8 Å². The fourth-order valence-electron chi connectivity index (χ4n) is 1.87. The van der Waals surface area contributed by atoms with Crippen LogP contribution in [0.4, 0.5) is 4.79 Å². The maximum atomic E-state index is 11.6. The number of nitrogens with one attached hydrogen (secondary N) is 1. The lowest BCUT2D eigenvalue weighted by atomic mass is 10.2. The fraction of sp³-hybridized carbons (Fsp3) is 0.692. The number of nitrogens with zero attached hydrogens (tertiary/aromatic N) is 2. The van der Waals surface area contributed by atoms with Crippen molar-refractivity contribution in [3.8, 4) is 0 Å². The zero-order valence-electron chi connectivity index (χ0n) is 11.9. The van der Waals surface area contributed by atoms with E-state index < -0.39 is 5.60 Å². The van der Waals surface area contributed by atoms with Gasteiger partial charge in [0.25, 0.3) is 0 Å². The molecular weight excluding hydrogens is 484 g/mol. The number of amides is 1. The number of hydrogen-bond donors (Lipinski definition) is 1. The predicted molar refractivity (Wildman–Crippen MR) is 93.9 cm³/mol. The third kappa shape index (κ3) is 4.47. The molecule has 5 nitrogen and oxygen atoms in total. The molecule has 0 radical (unpaired) electrons. The molecule has 0 atom stereocenters. The Hall–Kier alpha value is -0.0600. The molecule has 0 aromatic carbocycles. The Morgan fingerprint density at radius 3 is 2.65 bits per heavy atom. The molecule has 20 heavy (non-hydrogen) atoms. The zero-order valence-corrected chi connectivity index (χ0v) is 16.2. The number of imidazole rings is 1. The maximum absolute atomic E-state index is 11.6. The van der Waals surface area contributed by atoms with Gasteiger partial charge in [-0.1, -0.05) is 0 Å². The lowest BCUT2D eigenvalue weighted by Crippen LogP contribution is -2.34. The molecule has 0 unspecified atom stereocenters. The van der Waals surface area contributed by atoms with E-state index >= 15 is 0 Å². The summed E-state index contributed by atoms with van der Waals surface area (Å²) in [5.41, 5.74) is -0.456. The van der Waals surface area contributed by atoms with Gasteiger partial charge in [0.1, 0.15) is 18.8 Å². The highest BCUT2D eigenvalue weighted by Gasteiger charge is 2.30. The van der Waals surface area contributed by atoms with E-state index in [0.717, 1.165) is 19.8 Å². The Labute approximate surface area is 146 Å². The molecule has 1 aromatic rings. The summed E-state index contributed by atoms with van der Waals surface area (Å²) in [6, 6.07) is 0. The smallest absolute Gasteiger partial charge is 0.407 e. The van der Waals surface area contributed by atoms with Crippen molar-refractivity contribution in [3.63, 3.8) is 0 Å². The van der Waals surface area contributed by atoms with E-state index in [1.165, 1.54) is 12.8 Å². The summed E-state index contributed by atoms with van der Waals surface area (Å²) in [6.45, 7) is 6.87. The molecule has 0 spiro atoms. The first-order chi connectivity index (χ1) is 9.28. The second-order valence-electron chi connectivity index (χ2n) is 5.91. The zero-order chi connectivity index (χ0) is 14.9. The average Bonchev–Trinajstić information content (AvgIpc) is 3.09. The SMILES string of the molecule is CC(C)(C)OC(=O)NCCn1c(C2CC2)nc(I)c1I. The Morgan fingerprint density at radius 1 is 1.45 bits per heavy atom. The van der Waals surface area contributed by atoms with Crippen LogP contribution in [0.25, 0.3) is 0 Å². The average molecular weight is 503 g/mol. The van der Waals surface area contributed by atoms with E-state index in [4.69, 9.17) is 4.74 Å². The first-order valence-corrected chi connectivity index (χ1v) is 8.82. The van der Waals surface area contributed by atoms with Crippen molar-refractivity contribution in [2.75, 3.05) is 6.54 Å². The van der Waals surface area contributed by atoms with Gasteiger partial charge in [0.2, 0.25) is 0 Å². The van der Waals surface area contributed by atoms with Crippen molar-refractivity contribution in [2.24, 2.45) is 0 Å². The Morgan fingerprint density at radius 2 is 2.10 bits per heavy atom. The summed E-state index contributed by atoms with van der Waals surface area (Å²) < 4.78 is 9.62. The van der Waals surface area contributed by atoms with Gasteiger partial charge in [0, 0.05) is 19.0 Å². The van der Waals surface area contributed by atoms with Gasteiger partial charge < -0.3 is 14.6 Å². The first-order valence-electron chi connectivity index (χ1n) is 6.66. The fourth-order valence-corrected chi connectivity index (χ4v) is 3.02. The van der Waals surface area contributed by atoms with Gasteiger partial charge in [-0.05, 0) is 78.8 Å². The molecule has 1 fully saturated rings. The van der Waals surface area contributed by atoms with Crippen LogP contribution in [0.2, 0.25) is 0 Å². The molecule has 112 valence electrons. The number of carbonyl (C=O) groups excluding carboxylic acids is 1. The van der Waals surface area contributed by atoms with Gasteiger partial charge in [-0.25, -0.2) is 9.78 Å². The van der Waals surface area contributed by atoms with E-state index in [2.05, 4.69) is 60.0 Å². The summed E-state index contributed by atoms with van der Waals surface area (Å²) in [5.74, 6) is 1.76. The number of ether oxygens (including phenoxy) is 1. The Bertz CT molecular complexity index is 504. The van der Waals surface area contributed by atoms with Crippen molar-refractivity contribution >= 4 is 51.3 Å². The Balaban J connectivity index is 1.90. The highest BCUT2D eigenvalue weighted by molar-refractivity contribution is 14.1. The van der Waals surface area contributed by atoms with Gasteiger partial charge in [0.05, 0.1) is 0 Å². The summed E-state index contributed by atoms with van der Waals surface area (Å²) in [7, 11) is 0. The number of aromatic nitrogens is 2. The maximum Gasteiger partial charge on any atom is 0.407 e. The number of halogens is 2. The second-order valence-corrected chi connectivity index (χ2v) is 7.95. The number of alkyl carbamates (subject to hydrolysis) is 1. The highest BCUT2D eigenvalue weighted by atomic mass is 127. The quantitative estimate of drug-likeness (QED) is 0.641. The molecular formula is C13H19I2N3O2. The van der Waals surface area contributed by atoms with Crippen LogP contribution in [0.3, 0.4) is 0 Å². The summed E-state index contributed by atoms with van der Waals surface area (Å²) in [5, 5.41) is 2.80. The summed E-state index contributed by atoms with van der Waals surface area (Å²) >= 11 is 4.58. The molecule has 0 saturated heterocycles. The van der Waals surface area contributed by atoms with E-state index in [-0.39, 0.29) is 6.09 Å². The van der Waals surface area contributed by atoms with Crippen molar-refractivity contribution in [2.45, 2.75) is 51.7 Å². The molecule has 1 aliphatic rings. The van der Waals surface area contributed by atoms with E-state index in [9.17, 15) is 4.79 Å². The molecule has 1 aromatic heterocycles. The van der Waals surface area contributed by atoms with E-state index in [1.54, 1.807) is 0 Å². The Kier molecular flexibility index (Phi) is 5.19. The summed E-state index contributed by atoms with van der Waals surface area (Å²) in [6.07, 6.45) is 2.08. The largest absolute Gasteiger partial charge is 0.444 e. The standard InChI is InChI=1S/C13H19I2N3O2/c1-13(2,3)20-12(19)16-6-7-18-10(15)9(14)17-11(18)8-4-5-8/h8H,4-7H2,1-3H3,(H,16,19). The monoisotopic (exact) mass is 503 g/mol. The molecule has 2 rings (SSSR count). The number of carbonyl (C=O) groups is 1. The number of rotatable bonds is 4. The molecule has 1 amide bonds. The topological polar surface area (TPSA) is 56.1 Å². The van der Waals surface area contributed by atoms with Crippen molar-refractivity contribution in [3.05, 3.63) is 13.2 Å². The van der Waals surface area contributed by atoms with Gasteiger partial charge >= 0.3 is 6.09 Å². The van der Waals surface area contributed by atoms with Gasteiger partial charge in [0.15, 0.2) is 0 Å². The minimum absolute atomic E-state index is 0.365. The van der Waals surface area contributed by atoms with Crippen LogP contribution in [0.5, 0.6) is 0 Å². The molecule has 1 aliphatic carbocycles. The molecule has 0 aliphatic heterocycles. The van der Waals surface area contributed by atoms with Crippen molar-refractivity contribution < 1.29 is 9.53 Å². The van der Waals surface area contributed by atoms with Crippen LogP contribution in [-0.2, 0) is 11.3 Å². The van der Waals surface area contributed by atoms with Crippen LogP contribution in [0, 0.1) is 7.40 Å². The van der Waals surface area contributed by atoms with Crippen LogP contribution in [0.1, 0.15) is 45.4 Å². The number of hydrogen-bond acceptors (Lipinski definition) is 3. The third-order valence-corrected chi connectivity index (χ3v) is 5.72. The molecule has 1 saturated carbocycles. The van der Waals surface area contributed by atoms with Gasteiger partial charge in [-0.3, -0.25) is 0 Å². The molecule has 1 heterocycles. The minimum atomic E-state index is -0.456. The normalized spacial score (nSPS) is 15.2. The van der Waals surface area contributed by atoms with Gasteiger partial charge in [-0.2, -0.15) is 0 Å². The first kappa shape index (κ1) is 16.3. The second kappa shape index (κ2) is 6.37. The van der Waals surface area contributed by atoms with Crippen LogP contribution in [0.15, 0.2) is 0 Å². The third-order valence-electron chi connectivity index (χ3n) is 2.84. The minimum Gasteiger partial charge on any atom is -0.444 e. The molecule has 1 N–H and O–H groups in total.